The van der Waals surface area contributed by atoms with Gasteiger partial charge in [-0.2, -0.15) is 0 Å². The van der Waals surface area contributed by atoms with E-state index in [4.69, 9.17) is 10.5 Å². The molecule has 0 aromatic carbocycles. The zero-order chi connectivity index (χ0) is 8.55. The van der Waals surface area contributed by atoms with Crippen LogP contribution in [0.15, 0.2) is 0 Å². The molecule has 0 aliphatic heterocycles. The monoisotopic (exact) mass is 169 g/mol. The Balaban J connectivity index is 1.89. The van der Waals surface area contributed by atoms with E-state index in [1.54, 1.807) is 7.11 Å². The molecule has 0 aromatic rings. The SMILES string of the molecule is COCC(N)C1CC2CCC1C2. The molecule has 2 aliphatic rings. The van der Waals surface area contributed by atoms with Crippen molar-refractivity contribution in [3.8, 4) is 0 Å². The van der Waals surface area contributed by atoms with E-state index in [2.05, 4.69) is 0 Å². The Bertz CT molecular complexity index is 160. The highest BCUT2D eigenvalue weighted by atomic mass is 16.5. The van der Waals surface area contributed by atoms with Gasteiger partial charge in [0.2, 0.25) is 0 Å². The molecular weight excluding hydrogens is 150 g/mol. The Labute approximate surface area is 74.5 Å². The van der Waals surface area contributed by atoms with Crippen LogP contribution in [0, 0.1) is 17.8 Å². The molecule has 2 saturated carbocycles. The molecule has 2 fully saturated rings. The lowest BCUT2D eigenvalue weighted by atomic mass is 9.84. The van der Waals surface area contributed by atoms with Crippen molar-refractivity contribution in [2.24, 2.45) is 23.5 Å². The van der Waals surface area contributed by atoms with Crippen LogP contribution in [-0.2, 0) is 4.74 Å². The van der Waals surface area contributed by atoms with Crippen molar-refractivity contribution in [3.05, 3.63) is 0 Å². The first-order chi connectivity index (χ1) is 5.81. The molecule has 2 rings (SSSR count). The lowest BCUT2D eigenvalue weighted by molar-refractivity contribution is 0.138. The van der Waals surface area contributed by atoms with Crippen molar-refractivity contribution in [1.29, 1.82) is 0 Å². The number of hydrogen-bond donors (Lipinski definition) is 1. The second kappa shape index (κ2) is 3.35. The number of fused-ring (bicyclic) bond motifs is 2. The first-order valence-corrected chi connectivity index (χ1v) is 5.05. The molecule has 4 atom stereocenters. The third kappa shape index (κ3) is 1.38. The van der Waals surface area contributed by atoms with E-state index in [-0.39, 0.29) is 0 Å². The van der Waals surface area contributed by atoms with Gasteiger partial charge in [0.25, 0.3) is 0 Å². The molecule has 70 valence electrons. The lowest BCUT2D eigenvalue weighted by Gasteiger charge is -2.26. The smallest absolute Gasteiger partial charge is 0.0616 e. The molecule has 0 saturated heterocycles. The average molecular weight is 169 g/mol. The average Bonchev–Trinajstić information content (AvgIpc) is 2.64. The van der Waals surface area contributed by atoms with E-state index in [0.717, 1.165) is 24.4 Å². The first kappa shape index (κ1) is 8.52. The second-order valence-corrected chi connectivity index (χ2v) is 4.46. The van der Waals surface area contributed by atoms with E-state index in [9.17, 15) is 0 Å². The van der Waals surface area contributed by atoms with Gasteiger partial charge in [0.15, 0.2) is 0 Å². The number of hydrogen-bond acceptors (Lipinski definition) is 2. The summed E-state index contributed by atoms with van der Waals surface area (Å²) in [5, 5.41) is 0. The molecule has 0 radical (unpaired) electrons. The molecule has 2 heteroatoms. The van der Waals surface area contributed by atoms with E-state index < -0.39 is 0 Å². The molecule has 2 N–H and O–H groups in total. The Hall–Kier alpha value is -0.0800. The fourth-order valence-corrected chi connectivity index (χ4v) is 3.13. The number of methoxy groups -OCH3 is 1. The minimum absolute atomic E-state index is 0.297. The summed E-state index contributed by atoms with van der Waals surface area (Å²) in [6.07, 6.45) is 5.70. The third-order valence-corrected chi connectivity index (χ3v) is 3.70. The van der Waals surface area contributed by atoms with Crippen molar-refractivity contribution < 1.29 is 4.74 Å². The Morgan fingerprint density at radius 1 is 1.42 bits per heavy atom. The van der Waals surface area contributed by atoms with Gasteiger partial charge < -0.3 is 10.5 Å². The molecule has 2 aliphatic carbocycles. The van der Waals surface area contributed by atoms with E-state index in [0.29, 0.717) is 6.04 Å². The second-order valence-electron chi connectivity index (χ2n) is 4.46. The van der Waals surface area contributed by atoms with Crippen molar-refractivity contribution in [2.45, 2.75) is 31.7 Å². The maximum Gasteiger partial charge on any atom is 0.0616 e. The van der Waals surface area contributed by atoms with Crippen molar-refractivity contribution in [3.63, 3.8) is 0 Å². The molecule has 2 bridgehead atoms. The summed E-state index contributed by atoms with van der Waals surface area (Å²) >= 11 is 0. The quantitative estimate of drug-likeness (QED) is 0.693. The summed E-state index contributed by atoms with van der Waals surface area (Å²) in [5.41, 5.74) is 6.05. The summed E-state index contributed by atoms with van der Waals surface area (Å²) in [6.45, 7) is 0.744. The highest BCUT2D eigenvalue weighted by Gasteiger charge is 2.41. The van der Waals surface area contributed by atoms with Crippen molar-refractivity contribution in [1.82, 2.24) is 0 Å². The van der Waals surface area contributed by atoms with Crippen LogP contribution in [0.25, 0.3) is 0 Å². The van der Waals surface area contributed by atoms with Gasteiger partial charge in [-0.1, -0.05) is 6.42 Å². The number of nitrogens with two attached hydrogens (primary N) is 1. The fourth-order valence-electron chi connectivity index (χ4n) is 3.13. The van der Waals surface area contributed by atoms with Crippen molar-refractivity contribution >= 4 is 0 Å². The Kier molecular flexibility index (Phi) is 2.37. The predicted molar refractivity (Wildman–Crippen MR) is 48.8 cm³/mol. The van der Waals surface area contributed by atoms with Crippen LogP contribution in [0.5, 0.6) is 0 Å². The number of ether oxygens (including phenoxy) is 1. The van der Waals surface area contributed by atoms with Crippen LogP contribution in [0.4, 0.5) is 0 Å². The van der Waals surface area contributed by atoms with Gasteiger partial charge in [-0.25, -0.2) is 0 Å². The molecule has 12 heavy (non-hydrogen) atoms. The third-order valence-electron chi connectivity index (χ3n) is 3.70. The van der Waals surface area contributed by atoms with E-state index in [1.165, 1.54) is 25.7 Å². The van der Waals surface area contributed by atoms with E-state index in [1.807, 2.05) is 0 Å². The van der Waals surface area contributed by atoms with Gasteiger partial charge in [0.1, 0.15) is 0 Å². The maximum absolute atomic E-state index is 6.05. The van der Waals surface area contributed by atoms with Gasteiger partial charge >= 0.3 is 0 Å². The van der Waals surface area contributed by atoms with Crippen LogP contribution < -0.4 is 5.73 Å². The highest BCUT2D eigenvalue weighted by Crippen LogP contribution is 2.49. The van der Waals surface area contributed by atoms with Crippen molar-refractivity contribution in [2.75, 3.05) is 13.7 Å². The zero-order valence-electron chi connectivity index (χ0n) is 7.83. The normalized spacial score (nSPS) is 42.0. The Morgan fingerprint density at radius 2 is 2.25 bits per heavy atom. The molecule has 2 nitrogen and oxygen atoms in total. The van der Waals surface area contributed by atoms with Gasteiger partial charge in [0, 0.05) is 13.2 Å². The minimum Gasteiger partial charge on any atom is -0.383 e. The summed E-state index contributed by atoms with van der Waals surface area (Å²) < 4.78 is 5.10. The minimum atomic E-state index is 0.297. The molecule has 0 spiro atoms. The van der Waals surface area contributed by atoms with Gasteiger partial charge in [-0.05, 0) is 37.0 Å². The van der Waals surface area contributed by atoms with Crippen LogP contribution in [0.2, 0.25) is 0 Å². The Morgan fingerprint density at radius 3 is 2.75 bits per heavy atom. The molecule has 0 heterocycles. The standard InChI is InChI=1S/C10H19NO/c1-12-6-10(11)9-5-7-2-3-8(9)4-7/h7-10H,2-6,11H2,1H3. The molecule has 4 unspecified atom stereocenters. The maximum atomic E-state index is 6.05. The largest absolute Gasteiger partial charge is 0.383 e. The first-order valence-electron chi connectivity index (χ1n) is 5.05. The summed E-state index contributed by atoms with van der Waals surface area (Å²) in [4.78, 5) is 0. The fraction of sp³-hybridized carbons (Fsp3) is 1.00. The number of rotatable bonds is 3. The summed E-state index contributed by atoms with van der Waals surface area (Å²) in [7, 11) is 1.74. The molecular formula is C10H19NO. The van der Waals surface area contributed by atoms with Gasteiger partial charge in [0.05, 0.1) is 6.61 Å². The van der Waals surface area contributed by atoms with Crippen LogP contribution in [0.1, 0.15) is 25.7 Å². The van der Waals surface area contributed by atoms with E-state index >= 15 is 0 Å². The highest BCUT2D eigenvalue weighted by molar-refractivity contribution is 4.94. The summed E-state index contributed by atoms with van der Waals surface area (Å²) in [5.74, 6) is 2.70. The van der Waals surface area contributed by atoms with Crippen LogP contribution in [-0.4, -0.2) is 19.8 Å². The molecule has 0 amide bonds. The summed E-state index contributed by atoms with van der Waals surface area (Å²) in [6, 6.07) is 0.297. The topological polar surface area (TPSA) is 35.2 Å². The van der Waals surface area contributed by atoms with Gasteiger partial charge in [-0.15, -0.1) is 0 Å². The lowest BCUT2D eigenvalue weighted by Crippen LogP contribution is -2.37. The zero-order valence-corrected chi connectivity index (χ0v) is 7.83. The van der Waals surface area contributed by atoms with Crippen LogP contribution in [0.3, 0.4) is 0 Å². The predicted octanol–water partition coefficient (Wildman–Crippen LogP) is 1.40. The van der Waals surface area contributed by atoms with Crippen LogP contribution >= 0.6 is 0 Å². The molecule has 0 aromatic heterocycles. The van der Waals surface area contributed by atoms with Gasteiger partial charge in [-0.3, -0.25) is 0 Å².